The molecule has 10 aromatic carbocycles. The van der Waals surface area contributed by atoms with Crippen LogP contribution in [0.1, 0.15) is 18.4 Å². The third kappa shape index (κ3) is 7.29. The number of aromatic nitrogens is 1. The Morgan fingerprint density at radius 1 is 0.348 bits per heavy atom. The monoisotopic (exact) mass is 842 g/mol. The normalized spacial score (nSPS) is 12.5. The summed E-state index contributed by atoms with van der Waals surface area (Å²) in [5.74, 6) is 0. The molecule has 66 heavy (non-hydrogen) atoms. The van der Waals surface area contributed by atoms with E-state index in [1.807, 2.05) is 0 Å². The van der Waals surface area contributed by atoms with Crippen LogP contribution in [0.25, 0.3) is 88.3 Å². The van der Waals surface area contributed by atoms with Crippen molar-refractivity contribution in [2.24, 2.45) is 0 Å². The highest BCUT2D eigenvalue weighted by Gasteiger charge is 2.17. The zero-order chi connectivity index (χ0) is 43.8. The molecular weight excluding hydrogens is 797 g/mol. The number of hydrogen-bond donors (Lipinski definition) is 0. The van der Waals surface area contributed by atoms with Gasteiger partial charge in [-0.25, -0.2) is 0 Å². The van der Waals surface area contributed by atoms with Crippen LogP contribution in [0.5, 0.6) is 0 Å². The second kappa shape index (κ2) is 16.9. The number of rotatable bonds is 9. The molecule has 1 aromatic heterocycles. The minimum Gasteiger partial charge on any atom is -0.310 e. The Morgan fingerprint density at radius 3 is 1.50 bits per heavy atom. The quantitative estimate of drug-likeness (QED) is 0.141. The van der Waals surface area contributed by atoms with E-state index in [0.717, 1.165) is 35.6 Å². The summed E-state index contributed by atoms with van der Waals surface area (Å²) in [5, 5.41) is 5.12. The highest BCUT2D eigenvalue weighted by atomic mass is 15.1. The fourth-order valence-electron chi connectivity index (χ4n) is 9.90. The molecule has 2 heteroatoms. The molecule has 12 rings (SSSR count). The summed E-state index contributed by atoms with van der Waals surface area (Å²) >= 11 is 0. The van der Waals surface area contributed by atoms with Gasteiger partial charge in [-0.15, -0.1) is 0 Å². The predicted octanol–water partition coefficient (Wildman–Crippen LogP) is 17.8. The number of para-hydroxylation sites is 1. The van der Waals surface area contributed by atoms with Crippen molar-refractivity contribution in [3.63, 3.8) is 0 Å². The van der Waals surface area contributed by atoms with Gasteiger partial charge in [0.05, 0.1) is 11.0 Å². The zero-order valence-electron chi connectivity index (χ0n) is 36.6. The van der Waals surface area contributed by atoms with Crippen LogP contribution < -0.4 is 4.90 Å². The van der Waals surface area contributed by atoms with Crippen molar-refractivity contribution in [2.45, 2.75) is 12.8 Å². The van der Waals surface area contributed by atoms with Gasteiger partial charge in [-0.3, -0.25) is 0 Å². The molecule has 0 spiro atoms. The summed E-state index contributed by atoms with van der Waals surface area (Å²) in [4.78, 5) is 2.37. The van der Waals surface area contributed by atoms with Crippen molar-refractivity contribution in [1.29, 1.82) is 0 Å². The number of benzene rings is 10. The Balaban J connectivity index is 0.879. The van der Waals surface area contributed by atoms with Gasteiger partial charge >= 0.3 is 0 Å². The van der Waals surface area contributed by atoms with Gasteiger partial charge in [0.2, 0.25) is 0 Å². The van der Waals surface area contributed by atoms with Gasteiger partial charge in [0.25, 0.3) is 0 Å². The molecular formula is C64H46N2. The van der Waals surface area contributed by atoms with Crippen molar-refractivity contribution in [1.82, 2.24) is 4.57 Å². The first kappa shape index (κ1) is 39.2. The topological polar surface area (TPSA) is 8.17 Å². The average molecular weight is 843 g/mol. The third-order valence-corrected chi connectivity index (χ3v) is 13.3. The Morgan fingerprint density at radius 2 is 0.864 bits per heavy atom. The zero-order valence-corrected chi connectivity index (χ0v) is 36.6. The first-order valence-electron chi connectivity index (χ1n) is 23.0. The van der Waals surface area contributed by atoms with Crippen LogP contribution in [-0.4, -0.2) is 4.57 Å². The lowest BCUT2D eigenvalue weighted by Gasteiger charge is -2.26. The van der Waals surface area contributed by atoms with Gasteiger partial charge in [0, 0.05) is 33.5 Å². The third-order valence-electron chi connectivity index (χ3n) is 13.3. The molecule has 0 unspecified atom stereocenters. The first-order chi connectivity index (χ1) is 32.7. The van der Waals surface area contributed by atoms with Crippen molar-refractivity contribution < 1.29 is 0 Å². The summed E-state index contributed by atoms with van der Waals surface area (Å²) in [5.41, 5.74) is 19.1. The van der Waals surface area contributed by atoms with E-state index < -0.39 is 0 Å². The van der Waals surface area contributed by atoms with Gasteiger partial charge < -0.3 is 9.47 Å². The van der Waals surface area contributed by atoms with Crippen molar-refractivity contribution in [3.05, 3.63) is 260 Å². The number of anilines is 3. The highest BCUT2D eigenvalue weighted by molar-refractivity contribution is 6.21. The molecule has 0 N–H and O–H groups in total. The van der Waals surface area contributed by atoms with E-state index in [-0.39, 0.29) is 0 Å². The van der Waals surface area contributed by atoms with Gasteiger partial charge in [-0.2, -0.15) is 0 Å². The fraction of sp³-hybridized carbons (Fsp3) is 0.0312. The number of hydrogen-bond acceptors (Lipinski definition) is 1. The summed E-state index contributed by atoms with van der Waals surface area (Å²) in [7, 11) is 0. The molecule has 0 saturated heterocycles. The Kier molecular flexibility index (Phi) is 10.0. The van der Waals surface area contributed by atoms with Gasteiger partial charge in [0.1, 0.15) is 0 Å². The van der Waals surface area contributed by atoms with Crippen LogP contribution in [-0.2, 0) is 0 Å². The second-order valence-electron chi connectivity index (χ2n) is 17.2. The van der Waals surface area contributed by atoms with E-state index >= 15 is 0 Å². The summed E-state index contributed by atoms with van der Waals surface area (Å²) in [6.07, 6.45) is 8.85. The molecule has 0 atom stereocenters. The van der Waals surface area contributed by atoms with E-state index in [9.17, 15) is 0 Å². The largest absolute Gasteiger partial charge is 0.310 e. The highest BCUT2D eigenvalue weighted by Crippen LogP contribution is 2.40. The molecule has 1 aliphatic carbocycles. The first-order valence-corrected chi connectivity index (χ1v) is 23.0. The van der Waals surface area contributed by atoms with Crippen molar-refractivity contribution in [3.8, 4) is 50.2 Å². The molecule has 11 aromatic rings. The number of allylic oxidation sites excluding steroid dienone is 4. The Bertz CT molecular complexity index is 3580. The maximum absolute atomic E-state index is 2.40. The SMILES string of the molecule is C1=CCCC(c2ccc(-c3cccc(N(c4ccc(-c5ccc(-c6ccccc6)cc5)cc4)c4ccc(-c5ccc(-n6c7ccccc7c7c8ccccc8ccc76)cc5)cc4)c3)cc2)=C1. The van der Waals surface area contributed by atoms with Crippen LogP contribution in [0.15, 0.2) is 255 Å². The van der Waals surface area contributed by atoms with E-state index in [1.54, 1.807) is 0 Å². The van der Waals surface area contributed by atoms with Crippen molar-refractivity contribution >= 4 is 55.2 Å². The molecule has 1 aliphatic rings. The van der Waals surface area contributed by atoms with Crippen LogP contribution >= 0.6 is 0 Å². The number of fused-ring (bicyclic) bond motifs is 5. The Hall–Kier alpha value is -8.46. The molecule has 0 bridgehead atoms. The van der Waals surface area contributed by atoms with E-state index in [0.29, 0.717) is 0 Å². The number of nitrogens with zero attached hydrogens (tertiary/aromatic N) is 2. The summed E-state index contributed by atoms with van der Waals surface area (Å²) in [6.45, 7) is 0. The minimum atomic E-state index is 1.09. The minimum absolute atomic E-state index is 1.09. The average Bonchev–Trinajstić information content (AvgIpc) is 3.75. The maximum Gasteiger partial charge on any atom is 0.0547 e. The second-order valence-corrected chi connectivity index (χ2v) is 17.2. The van der Waals surface area contributed by atoms with E-state index in [2.05, 4.69) is 264 Å². The summed E-state index contributed by atoms with van der Waals surface area (Å²) in [6, 6.07) is 86.5. The predicted molar refractivity (Wildman–Crippen MR) is 281 cm³/mol. The molecule has 0 saturated carbocycles. The van der Waals surface area contributed by atoms with Crippen LogP contribution in [0.3, 0.4) is 0 Å². The molecule has 0 radical (unpaired) electrons. The molecule has 312 valence electrons. The van der Waals surface area contributed by atoms with E-state index in [4.69, 9.17) is 0 Å². The molecule has 0 fully saturated rings. The standard InChI is InChI=1S/C64H46N2/c1-3-12-45(13-4-1)47-22-24-49(25-23-47)50-30-37-56(38-31-50)65(59-18-11-17-55(44-59)53-28-26-48(27-29-53)46-14-5-2-6-15-46)57-39-32-51(33-40-57)52-34-41-58(42-35-52)66-62-21-10-9-20-61(62)64-60-19-8-7-16-54(60)36-43-63(64)66/h1-5,7-14,16-44H,6,15H2. The lowest BCUT2D eigenvalue weighted by molar-refractivity contribution is 1.05. The van der Waals surface area contributed by atoms with Crippen LogP contribution in [0.2, 0.25) is 0 Å². The maximum atomic E-state index is 2.40. The van der Waals surface area contributed by atoms with Gasteiger partial charge in [-0.05, 0) is 140 Å². The van der Waals surface area contributed by atoms with Gasteiger partial charge in [-0.1, -0.05) is 194 Å². The summed E-state index contributed by atoms with van der Waals surface area (Å²) < 4.78 is 2.40. The lowest BCUT2D eigenvalue weighted by Crippen LogP contribution is -2.10. The Labute approximate surface area is 386 Å². The van der Waals surface area contributed by atoms with Crippen molar-refractivity contribution in [2.75, 3.05) is 4.90 Å². The molecule has 0 amide bonds. The fourth-order valence-corrected chi connectivity index (χ4v) is 9.90. The van der Waals surface area contributed by atoms with Gasteiger partial charge in [0.15, 0.2) is 0 Å². The lowest BCUT2D eigenvalue weighted by atomic mass is 9.95. The molecule has 0 aliphatic heterocycles. The van der Waals surface area contributed by atoms with Crippen LogP contribution in [0.4, 0.5) is 17.1 Å². The molecule has 1 heterocycles. The van der Waals surface area contributed by atoms with Crippen LogP contribution in [0, 0.1) is 0 Å². The molecule has 2 nitrogen and oxygen atoms in total. The smallest absolute Gasteiger partial charge is 0.0547 e. The van der Waals surface area contributed by atoms with E-state index in [1.165, 1.54) is 88.2 Å².